The van der Waals surface area contributed by atoms with E-state index in [2.05, 4.69) is 87.5 Å². The van der Waals surface area contributed by atoms with Crippen molar-refractivity contribution in [3.63, 3.8) is 0 Å². The van der Waals surface area contributed by atoms with E-state index in [0.29, 0.717) is 11.8 Å². The lowest BCUT2D eigenvalue weighted by molar-refractivity contribution is -0.191. The molecular weight excluding hydrogens is 384 g/mol. The van der Waals surface area contributed by atoms with Gasteiger partial charge in [0.25, 0.3) is 0 Å². The Morgan fingerprint density at radius 1 is 0.935 bits per heavy atom. The van der Waals surface area contributed by atoms with Gasteiger partial charge in [-0.25, -0.2) is 0 Å². The fourth-order valence-corrected chi connectivity index (χ4v) is 5.01. The molecule has 3 atom stereocenters. The molecule has 3 aromatic carbocycles. The largest absolute Gasteiger partial charge is 0.491 e. The van der Waals surface area contributed by atoms with Crippen molar-refractivity contribution < 1.29 is 14.3 Å². The molecule has 1 aliphatic carbocycles. The fraction of sp³-hybridized carbons (Fsp3) is 0.393. The topological polar surface area (TPSA) is 43.4 Å². The van der Waals surface area contributed by atoms with Gasteiger partial charge < -0.3 is 4.74 Å². The van der Waals surface area contributed by atoms with Gasteiger partial charge >= 0.3 is 6.15 Å². The number of carbonyl (C=O) groups excluding carboxylic acids is 2. The van der Waals surface area contributed by atoms with E-state index in [1.165, 1.54) is 47.6 Å². The highest BCUT2D eigenvalue weighted by Gasteiger charge is 2.28. The molecule has 0 amide bonds. The van der Waals surface area contributed by atoms with Crippen LogP contribution in [-0.4, -0.2) is 12.3 Å². The van der Waals surface area contributed by atoms with E-state index in [1.807, 2.05) is 0 Å². The Labute approximate surface area is 185 Å². The lowest BCUT2D eigenvalue weighted by Gasteiger charge is -2.19. The van der Waals surface area contributed by atoms with Gasteiger partial charge in [-0.1, -0.05) is 61.5 Å². The van der Waals surface area contributed by atoms with Crippen LogP contribution < -0.4 is 4.74 Å². The van der Waals surface area contributed by atoms with Crippen LogP contribution in [0.4, 0.5) is 0 Å². The van der Waals surface area contributed by atoms with E-state index >= 15 is 0 Å². The molecule has 1 fully saturated rings. The number of fused-ring (bicyclic) bond motifs is 1. The van der Waals surface area contributed by atoms with Crippen molar-refractivity contribution in [2.75, 3.05) is 0 Å². The maximum atomic E-state index is 8.12. The summed E-state index contributed by atoms with van der Waals surface area (Å²) < 4.78 is 5.90. The lowest BCUT2D eigenvalue weighted by atomic mass is 9.86. The molecule has 0 aromatic heterocycles. The summed E-state index contributed by atoms with van der Waals surface area (Å²) in [6, 6.07) is 24.3. The third kappa shape index (κ3) is 6.06. The number of hydrogen-bond donors (Lipinski definition) is 0. The Morgan fingerprint density at radius 3 is 2.42 bits per heavy atom. The lowest BCUT2D eigenvalue weighted by Crippen LogP contribution is -2.06. The maximum Gasteiger partial charge on any atom is 0.373 e. The summed E-state index contributed by atoms with van der Waals surface area (Å²) in [4.78, 5) is 16.2. The summed E-state index contributed by atoms with van der Waals surface area (Å²) in [5.41, 5.74) is 2.97. The van der Waals surface area contributed by atoms with Crippen LogP contribution in [0.2, 0.25) is 0 Å². The van der Waals surface area contributed by atoms with Gasteiger partial charge in [0.2, 0.25) is 0 Å². The highest BCUT2D eigenvalue weighted by molar-refractivity contribution is 5.86. The SMILES string of the molecule is CC(C)Oc1cccc([C@@H]2CC[C@H](C[C@H](C)c3cccc4ccccc34)C2)c1.O=C=O. The van der Waals surface area contributed by atoms with Crippen molar-refractivity contribution in [2.24, 2.45) is 5.92 Å². The smallest absolute Gasteiger partial charge is 0.373 e. The van der Waals surface area contributed by atoms with Crippen LogP contribution in [0, 0.1) is 5.92 Å². The van der Waals surface area contributed by atoms with E-state index in [9.17, 15) is 0 Å². The van der Waals surface area contributed by atoms with Crippen LogP contribution >= 0.6 is 0 Å². The first-order chi connectivity index (χ1) is 15.0. The van der Waals surface area contributed by atoms with E-state index in [4.69, 9.17) is 14.3 Å². The van der Waals surface area contributed by atoms with Crippen LogP contribution in [-0.2, 0) is 9.59 Å². The van der Waals surface area contributed by atoms with E-state index in [1.54, 1.807) is 0 Å². The van der Waals surface area contributed by atoms with E-state index in [0.717, 1.165) is 11.7 Å². The highest BCUT2D eigenvalue weighted by Crippen LogP contribution is 2.43. The first-order valence-corrected chi connectivity index (χ1v) is 11.2. The molecule has 1 saturated carbocycles. The minimum absolute atomic E-state index is 0.230. The van der Waals surface area contributed by atoms with Crippen LogP contribution in [0.15, 0.2) is 66.7 Å². The van der Waals surface area contributed by atoms with Crippen LogP contribution in [0.5, 0.6) is 5.75 Å². The normalized spacial score (nSPS) is 18.8. The Bertz CT molecular complexity index is 1010. The second-order valence-electron chi connectivity index (χ2n) is 8.90. The minimum atomic E-state index is 0.230. The van der Waals surface area contributed by atoms with Gasteiger partial charge in [0.15, 0.2) is 0 Å². The summed E-state index contributed by atoms with van der Waals surface area (Å²) in [5, 5.41) is 2.78. The fourth-order valence-electron chi connectivity index (χ4n) is 5.01. The third-order valence-corrected chi connectivity index (χ3v) is 6.28. The molecule has 4 rings (SSSR count). The quantitative estimate of drug-likeness (QED) is 0.429. The van der Waals surface area contributed by atoms with Gasteiger partial charge in [0, 0.05) is 0 Å². The molecule has 3 nitrogen and oxygen atoms in total. The van der Waals surface area contributed by atoms with Gasteiger partial charge in [-0.3, -0.25) is 0 Å². The van der Waals surface area contributed by atoms with Crippen molar-refractivity contribution >= 4 is 16.9 Å². The van der Waals surface area contributed by atoms with Gasteiger partial charge in [0.05, 0.1) is 6.10 Å². The molecule has 1 aliphatic rings. The zero-order valence-electron chi connectivity index (χ0n) is 18.7. The number of hydrogen-bond acceptors (Lipinski definition) is 3. The molecule has 31 heavy (non-hydrogen) atoms. The van der Waals surface area contributed by atoms with Crippen molar-refractivity contribution in [3.05, 3.63) is 77.9 Å². The van der Waals surface area contributed by atoms with Crippen LogP contribution in [0.3, 0.4) is 0 Å². The molecule has 0 saturated heterocycles. The zero-order valence-corrected chi connectivity index (χ0v) is 18.7. The molecule has 0 bridgehead atoms. The van der Waals surface area contributed by atoms with E-state index < -0.39 is 0 Å². The Hall–Kier alpha value is -2.90. The third-order valence-electron chi connectivity index (χ3n) is 6.28. The van der Waals surface area contributed by atoms with Crippen molar-refractivity contribution in [2.45, 2.75) is 64.4 Å². The van der Waals surface area contributed by atoms with Gasteiger partial charge in [0.1, 0.15) is 5.75 Å². The standard InChI is InChI=1S/C27H32O.CO2/c1-19(2)28-25-11-6-10-23(18-25)24-15-14-21(17-24)16-20(3)26-13-7-9-22-8-4-5-12-27(22)26;2-1-3/h4-13,18-21,24H,14-17H2,1-3H3;/t20-,21+,24+;/m0./s1. The molecule has 0 spiro atoms. The average Bonchev–Trinajstić information content (AvgIpc) is 3.22. The first-order valence-electron chi connectivity index (χ1n) is 11.2. The van der Waals surface area contributed by atoms with Crippen LogP contribution in [0.1, 0.15) is 69.4 Å². The van der Waals surface area contributed by atoms with Gasteiger partial charge in [-0.15, -0.1) is 0 Å². The predicted octanol–water partition coefficient (Wildman–Crippen LogP) is 7.12. The number of ether oxygens (including phenoxy) is 1. The highest BCUT2D eigenvalue weighted by atomic mass is 16.5. The molecule has 0 N–H and O–H groups in total. The van der Waals surface area contributed by atoms with Crippen LogP contribution in [0.25, 0.3) is 10.8 Å². The zero-order chi connectivity index (χ0) is 22.2. The molecular formula is C28H32O3. The van der Waals surface area contributed by atoms with Crippen molar-refractivity contribution in [1.82, 2.24) is 0 Å². The second kappa shape index (κ2) is 10.9. The van der Waals surface area contributed by atoms with E-state index in [-0.39, 0.29) is 12.3 Å². The van der Waals surface area contributed by atoms with Crippen molar-refractivity contribution in [3.8, 4) is 5.75 Å². The summed E-state index contributed by atoms with van der Waals surface area (Å²) in [5.74, 6) is 3.11. The monoisotopic (exact) mass is 416 g/mol. The summed E-state index contributed by atoms with van der Waals surface area (Å²) in [7, 11) is 0. The average molecular weight is 417 g/mol. The summed E-state index contributed by atoms with van der Waals surface area (Å²) >= 11 is 0. The van der Waals surface area contributed by atoms with Gasteiger partial charge in [-0.2, -0.15) is 9.59 Å². The molecule has 0 radical (unpaired) electrons. The molecule has 0 unspecified atom stereocenters. The molecule has 3 heteroatoms. The molecule has 3 aromatic rings. The first kappa shape index (κ1) is 22.8. The Balaban J connectivity index is 0.000000858. The number of rotatable bonds is 6. The Kier molecular flexibility index (Phi) is 8.03. The number of benzene rings is 3. The molecule has 0 heterocycles. The minimum Gasteiger partial charge on any atom is -0.491 e. The summed E-state index contributed by atoms with van der Waals surface area (Å²) in [6.07, 6.45) is 5.72. The van der Waals surface area contributed by atoms with Gasteiger partial charge in [-0.05, 0) is 91.3 Å². The second-order valence-corrected chi connectivity index (χ2v) is 8.90. The molecule has 0 aliphatic heterocycles. The maximum absolute atomic E-state index is 8.12. The predicted molar refractivity (Wildman–Crippen MR) is 124 cm³/mol. The Morgan fingerprint density at radius 2 is 1.65 bits per heavy atom. The summed E-state index contributed by atoms with van der Waals surface area (Å²) in [6.45, 7) is 6.59. The molecule has 162 valence electrons. The van der Waals surface area contributed by atoms with Crippen molar-refractivity contribution in [1.29, 1.82) is 0 Å².